The van der Waals surface area contributed by atoms with Gasteiger partial charge in [0.05, 0.1) is 10.7 Å². The Morgan fingerprint density at radius 2 is 1.83 bits per heavy atom. The SMILES string of the molecule is O=C(NCCc1nc(-c2ccccc2)cs1)c1ccc(F)cc1. The number of nitrogens with zero attached hydrogens (tertiary/aromatic N) is 1. The van der Waals surface area contributed by atoms with Gasteiger partial charge in [0.2, 0.25) is 0 Å². The van der Waals surface area contributed by atoms with Crippen molar-refractivity contribution in [1.82, 2.24) is 10.3 Å². The zero-order chi connectivity index (χ0) is 16.1. The molecule has 0 radical (unpaired) electrons. The van der Waals surface area contributed by atoms with Crippen molar-refractivity contribution in [3.05, 3.63) is 76.4 Å². The van der Waals surface area contributed by atoms with Crippen LogP contribution in [0.4, 0.5) is 4.39 Å². The van der Waals surface area contributed by atoms with Gasteiger partial charge in [-0.2, -0.15) is 0 Å². The molecule has 0 aliphatic heterocycles. The predicted octanol–water partition coefficient (Wildman–Crippen LogP) is 3.92. The molecule has 0 fully saturated rings. The van der Waals surface area contributed by atoms with Crippen molar-refractivity contribution in [2.24, 2.45) is 0 Å². The molecule has 0 aliphatic rings. The zero-order valence-electron chi connectivity index (χ0n) is 12.3. The van der Waals surface area contributed by atoms with Crippen molar-refractivity contribution in [3.8, 4) is 11.3 Å². The van der Waals surface area contributed by atoms with Crippen molar-refractivity contribution in [2.45, 2.75) is 6.42 Å². The Hall–Kier alpha value is -2.53. The van der Waals surface area contributed by atoms with E-state index in [9.17, 15) is 9.18 Å². The first kappa shape index (κ1) is 15.4. The summed E-state index contributed by atoms with van der Waals surface area (Å²) in [7, 11) is 0. The number of thiazole rings is 1. The Morgan fingerprint density at radius 1 is 1.09 bits per heavy atom. The minimum atomic E-state index is -0.349. The molecule has 1 amide bonds. The van der Waals surface area contributed by atoms with E-state index in [1.165, 1.54) is 24.3 Å². The van der Waals surface area contributed by atoms with E-state index in [-0.39, 0.29) is 11.7 Å². The molecule has 23 heavy (non-hydrogen) atoms. The van der Waals surface area contributed by atoms with Crippen LogP contribution < -0.4 is 5.32 Å². The molecule has 0 atom stereocenters. The standard InChI is InChI=1S/C18H15FN2OS/c19-15-8-6-14(7-9-15)18(22)20-11-10-17-21-16(12-23-17)13-4-2-1-3-5-13/h1-9,12H,10-11H2,(H,20,22). The molecule has 2 aromatic carbocycles. The molecule has 116 valence electrons. The summed E-state index contributed by atoms with van der Waals surface area (Å²) in [5.41, 5.74) is 2.50. The summed E-state index contributed by atoms with van der Waals surface area (Å²) in [6, 6.07) is 15.5. The fraction of sp³-hybridized carbons (Fsp3) is 0.111. The third kappa shape index (κ3) is 4.02. The first-order valence-electron chi connectivity index (χ1n) is 7.26. The normalized spacial score (nSPS) is 10.5. The zero-order valence-corrected chi connectivity index (χ0v) is 13.1. The second-order valence-electron chi connectivity index (χ2n) is 5.01. The fourth-order valence-electron chi connectivity index (χ4n) is 2.15. The maximum absolute atomic E-state index is 12.8. The molecule has 3 nitrogen and oxygen atoms in total. The third-order valence-corrected chi connectivity index (χ3v) is 4.26. The lowest BCUT2D eigenvalue weighted by molar-refractivity contribution is 0.0954. The Bertz CT molecular complexity index is 784. The van der Waals surface area contributed by atoms with Gasteiger partial charge in [-0.3, -0.25) is 4.79 Å². The number of nitrogens with one attached hydrogen (secondary N) is 1. The highest BCUT2D eigenvalue weighted by atomic mass is 32.1. The quantitative estimate of drug-likeness (QED) is 0.772. The lowest BCUT2D eigenvalue weighted by Crippen LogP contribution is -2.25. The molecule has 1 heterocycles. The molecule has 3 rings (SSSR count). The van der Waals surface area contributed by atoms with Crippen molar-refractivity contribution < 1.29 is 9.18 Å². The summed E-state index contributed by atoms with van der Waals surface area (Å²) in [6.07, 6.45) is 0.671. The van der Waals surface area contributed by atoms with Gasteiger partial charge >= 0.3 is 0 Å². The van der Waals surface area contributed by atoms with E-state index in [4.69, 9.17) is 0 Å². The smallest absolute Gasteiger partial charge is 0.251 e. The van der Waals surface area contributed by atoms with Crippen LogP contribution in [0.25, 0.3) is 11.3 Å². The van der Waals surface area contributed by atoms with Gasteiger partial charge in [-0.1, -0.05) is 30.3 Å². The number of amides is 1. The number of halogens is 1. The Kier molecular flexibility index (Phi) is 4.78. The minimum absolute atomic E-state index is 0.204. The third-order valence-electron chi connectivity index (χ3n) is 3.35. The van der Waals surface area contributed by atoms with E-state index >= 15 is 0 Å². The topological polar surface area (TPSA) is 42.0 Å². The number of carbonyl (C=O) groups excluding carboxylic acids is 1. The van der Waals surface area contributed by atoms with Gasteiger partial charge in [0.1, 0.15) is 5.82 Å². The number of benzene rings is 2. The lowest BCUT2D eigenvalue weighted by Gasteiger charge is -2.03. The second kappa shape index (κ2) is 7.15. The van der Waals surface area contributed by atoms with Crippen molar-refractivity contribution in [2.75, 3.05) is 6.54 Å². The number of hydrogen-bond donors (Lipinski definition) is 1. The van der Waals surface area contributed by atoms with Crippen LogP contribution >= 0.6 is 11.3 Å². The van der Waals surface area contributed by atoms with Crippen LogP contribution in [0.5, 0.6) is 0 Å². The second-order valence-corrected chi connectivity index (χ2v) is 5.95. The molecule has 1 aromatic heterocycles. The molecule has 0 saturated carbocycles. The highest BCUT2D eigenvalue weighted by Gasteiger charge is 2.07. The van der Waals surface area contributed by atoms with Gasteiger partial charge in [0.25, 0.3) is 5.91 Å². The van der Waals surface area contributed by atoms with Crippen molar-refractivity contribution in [1.29, 1.82) is 0 Å². The van der Waals surface area contributed by atoms with Crippen molar-refractivity contribution >= 4 is 17.2 Å². The van der Waals surface area contributed by atoms with Crippen LogP contribution in [0.2, 0.25) is 0 Å². The first-order chi connectivity index (χ1) is 11.2. The number of rotatable bonds is 5. The molecule has 0 bridgehead atoms. The molecule has 0 unspecified atom stereocenters. The molecule has 1 N–H and O–H groups in total. The molecular formula is C18H15FN2OS. The summed E-state index contributed by atoms with van der Waals surface area (Å²) >= 11 is 1.58. The van der Waals surface area contributed by atoms with Crippen LogP contribution in [0.15, 0.2) is 60.0 Å². The molecule has 0 aliphatic carbocycles. The average Bonchev–Trinajstić information content (AvgIpc) is 3.05. The number of hydrogen-bond acceptors (Lipinski definition) is 3. The summed E-state index contributed by atoms with van der Waals surface area (Å²) in [4.78, 5) is 16.5. The van der Waals surface area contributed by atoms with E-state index < -0.39 is 0 Å². The molecule has 5 heteroatoms. The maximum Gasteiger partial charge on any atom is 0.251 e. The van der Waals surface area contributed by atoms with Gasteiger partial charge in [-0.25, -0.2) is 9.37 Å². The van der Waals surface area contributed by atoms with Gasteiger partial charge < -0.3 is 5.32 Å². The van der Waals surface area contributed by atoms with E-state index in [1.807, 2.05) is 35.7 Å². The number of aromatic nitrogens is 1. The van der Waals surface area contributed by atoms with Crippen LogP contribution in [0.1, 0.15) is 15.4 Å². The van der Waals surface area contributed by atoms with Crippen LogP contribution in [-0.2, 0) is 6.42 Å². The Balaban J connectivity index is 1.54. The van der Waals surface area contributed by atoms with Gasteiger partial charge in [-0.05, 0) is 24.3 Å². The molecule has 0 spiro atoms. The van der Waals surface area contributed by atoms with Gasteiger partial charge in [0.15, 0.2) is 0 Å². The number of carbonyl (C=O) groups is 1. The summed E-state index contributed by atoms with van der Waals surface area (Å²) in [6.45, 7) is 0.498. The monoisotopic (exact) mass is 326 g/mol. The van der Waals surface area contributed by atoms with Gasteiger partial charge in [0, 0.05) is 29.5 Å². The largest absolute Gasteiger partial charge is 0.352 e. The Labute approximate surface area is 137 Å². The summed E-state index contributed by atoms with van der Waals surface area (Å²) < 4.78 is 12.8. The van der Waals surface area contributed by atoms with E-state index in [0.717, 1.165) is 16.3 Å². The van der Waals surface area contributed by atoms with E-state index in [1.54, 1.807) is 11.3 Å². The molecule has 3 aromatic rings. The first-order valence-corrected chi connectivity index (χ1v) is 8.14. The van der Waals surface area contributed by atoms with E-state index in [2.05, 4.69) is 10.3 Å². The lowest BCUT2D eigenvalue weighted by atomic mass is 10.2. The van der Waals surface area contributed by atoms with E-state index in [0.29, 0.717) is 18.5 Å². The van der Waals surface area contributed by atoms with Gasteiger partial charge in [-0.15, -0.1) is 11.3 Å². The summed E-state index contributed by atoms with van der Waals surface area (Å²) in [5, 5.41) is 5.82. The maximum atomic E-state index is 12.8. The van der Waals surface area contributed by atoms with Crippen LogP contribution in [-0.4, -0.2) is 17.4 Å². The van der Waals surface area contributed by atoms with Crippen LogP contribution in [0, 0.1) is 5.82 Å². The van der Waals surface area contributed by atoms with Crippen molar-refractivity contribution in [3.63, 3.8) is 0 Å². The Morgan fingerprint density at radius 3 is 2.57 bits per heavy atom. The predicted molar refractivity (Wildman–Crippen MR) is 90.0 cm³/mol. The summed E-state index contributed by atoms with van der Waals surface area (Å²) in [5.74, 6) is -0.553. The molecular weight excluding hydrogens is 311 g/mol. The van der Waals surface area contributed by atoms with Crippen LogP contribution in [0.3, 0.4) is 0 Å². The highest BCUT2D eigenvalue weighted by Crippen LogP contribution is 2.21. The highest BCUT2D eigenvalue weighted by molar-refractivity contribution is 7.09. The fourth-order valence-corrected chi connectivity index (χ4v) is 2.96. The minimum Gasteiger partial charge on any atom is -0.352 e. The average molecular weight is 326 g/mol. The molecule has 0 saturated heterocycles.